The van der Waals surface area contributed by atoms with Gasteiger partial charge >= 0.3 is 0 Å². The van der Waals surface area contributed by atoms with Gasteiger partial charge in [0.2, 0.25) is 5.95 Å². The summed E-state index contributed by atoms with van der Waals surface area (Å²) in [5.41, 5.74) is 9.03. The number of anilines is 4. The number of nitrogens with two attached hydrogens (primary N) is 1. The Balaban J connectivity index is 1.25. The Morgan fingerprint density at radius 3 is 2.77 bits per heavy atom. The normalized spacial score (nSPS) is 14.5. The van der Waals surface area contributed by atoms with Crippen molar-refractivity contribution in [1.29, 1.82) is 0 Å². The van der Waals surface area contributed by atoms with Crippen molar-refractivity contribution in [3.8, 4) is 10.4 Å². The van der Waals surface area contributed by atoms with Crippen LogP contribution in [0.3, 0.4) is 0 Å². The fourth-order valence-electron chi connectivity index (χ4n) is 4.37. The van der Waals surface area contributed by atoms with E-state index in [1.54, 1.807) is 11.3 Å². The molecule has 5 N–H and O–H groups in total. The van der Waals surface area contributed by atoms with Crippen LogP contribution < -0.4 is 16.4 Å². The number of benzene rings is 2. The summed E-state index contributed by atoms with van der Waals surface area (Å²) in [7, 11) is 0. The molecule has 5 aromatic rings. The summed E-state index contributed by atoms with van der Waals surface area (Å²) in [5, 5.41) is 16.5. The van der Waals surface area contributed by atoms with E-state index in [2.05, 4.69) is 78.2 Å². The topological polar surface area (TPSA) is 117 Å². The van der Waals surface area contributed by atoms with Gasteiger partial charge in [-0.2, -0.15) is 15.1 Å². The molecule has 35 heavy (non-hydrogen) atoms. The van der Waals surface area contributed by atoms with E-state index < -0.39 is 0 Å². The van der Waals surface area contributed by atoms with Gasteiger partial charge in [-0.25, -0.2) is 0 Å². The second-order valence-electron chi connectivity index (χ2n) is 8.51. The van der Waals surface area contributed by atoms with Crippen LogP contribution >= 0.6 is 11.3 Å². The fraction of sp³-hybridized carbons (Fsp3) is 0.240. The van der Waals surface area contributed by atoms with E-state index in [4.69, 9.17) is 10.5 Å². The zero-order chi connectivity index (χ0) is 23.6. The van der Waals surface area contributed by atoms with Gasteiger partial charge in [-0.05, 0) is 29.7 Å². The molecule has 1 aliphatic heterocycles. The van der Waals surface area contributed by atoms with E-state index in [0.29, 0.717) is 11.6 Å². The molecule has 0 radical (unpaired) electrons. The Hall–Kier alpha value is -3.73. The van der Waals surface area contributed by atoms with Crippen LogP contribution in [-0.4, -0.2) is 64.5 Å². The maximum absolute atomic E-state index is 6.02. The van der Waals surface area contributed by atoms with Gasteiger partial charge in [-0.15, -0.1) is 11.3 Å². The van der Waals surface area contributed by atoms with Crippen LogP contribution in [0, 0.1) is 0 Å². The number of nitrogens with zero attached hydrogens (tertiary/aromatic N) is 4. The van der Waals surface area contributed by atoms with Crippen molar-refractivity contribution in [3.05, 3.63) is 54.7 Å². The Morgan fingerprint density at radius 1 is 1.03 bits per heavy atom. The number of nitrogens with one attached hydrogen (secondary N) is 3. The lowest BCUT2D eigenvalue weighted by molar-refractivity contribution is 0.0398. The first kappa shape index (κ1) is 21.8. The maximum Gasteiger partial charge on any atom is 0.223 e. The molecule has 9 nitrogen and oxygen atoms in total. The standard InChI is InChI=1S/C25H26N8OS/c26-25-30-22(27-5-6-33-7-9-34-10-8-33)14-23(31-25)29-18-11-17-15-28-32-24(17)19(13-18)21-12-16-3-1-2-4-20(16)35-21/h1-4,11-15H,5-10H2,(H,28,32)(H4,26,27,29,30,31). The van der Waals surface area contributed by atoms with Gasteiger partial charge in [0.15, 0.2) is 0 Å². The third-order valence-corrected chi connectivity index (χ3v) is 7.24. The Morgan fingerprint density at radius 2 is 1.89 bits per heavy atom. The Labute approximate surface area is 206 Å². The van der Waals surface area contributed by atoms with Crippen LogP contribution in [0.4, 0.5) is 23.3 Å². The number of rotatable bonds is 7. The van der Waals surface area contributed by atoms with Crippen LogP contribution in [0.2, 0.25) is 0 Å². The highest BCUT2D eigenvalue weighted by molar-refractivity contribution is 7.22. The predicted molar refractivity (Wildman–Crippen MR) is 142 cm³/mol. The van der Waals surface area contributed by atoms with Gasteiger partial charge in [0.25, 0.3) is 0 Å². The summed E-state index contributed by atoms with van der Waals surface area (Å²) in [6.07, 6.45) is 1.84. The highest BCUT2D eigenvalue weighted by Gasteiger charge is 2.13. The lowest BCUT2D eigenvalue weighted by atomic mass is 10.1. The molecule has 0 bridgehead atoms. The Kier molecular flexibility index (Phi) is 5.91. The number of hydrogen-bond donors (Lipinski definition) is 4. The first-order valence-electron chi connectivity index (χ1n) is 11.6. The van der Waals surface area contributed by atoms with E-state index in [1.165, 1.54) is 15.0 Å². The van der Waals surface area contributed by atoms with Gasteiger partial charge in [-0.1, -0.05) is 18.2 Å². The Bertz CT molecular complexity index is 1440. The maximum atomic E-state index is 6.02. The molecule has 0 unspecified atom stereocenters. The van der Waals surface area contributed by atoms with Crippen LogP contribution in [0.25, 0.3) is 31.4 Å². The molecule has 0 atom stereocenters. The fourth-order valence-corrected chi connectivity index (χ4v) is 5.46. The molecule has 3 aromatic heterocycles. The SMILES string of the molecule is Nc1nc(NCCN2CCOCC2)cc(Nc2cc(-c3cc4ccccc4s3)c3[nH]ncc3c2)n1. The van der Waals surface area contributed by atoms with Gasteiger partial charge in [0.1, 0.15) is 11.6 Å². The van der Waals surface area contributed by atoms with Gasteiger partial charge in [-0.3, -0.25) is 10.00 Å². The van der Waals surface area contributed by atoms with E-state index in [9.17, 15) is 0 Å². The average molecular weight is 487 g/mol. The third kappa shape index (κ3) is 4.76. The molecule has 2 aromatic carbocycles. The molecule has 178 valence electrons. The average Bonchev–Trinajstić information content (AvgIpc) is 3.51. The molecule has 0 amide bonds. The van der Waals surface area contributed by atoms with Crippen molar-refractivity contribution in [1.82, 2.24) is 25.1 Å². The number of nitrogen functional groups attached to an aromatic ring is 1. The van der Waals surface area contributed by atoms with Gasteiger partial charge in [0, 0.05) is 58.5 Å². The minimum Gasteiger partial charge on any atom is -0.379 e. The molecule has 0 spiro atoms. The highest BCUT2D eigenvalue weighted by Crippen LogP contribution is 2.38. The number of aromatic amines is 1. The second-order valence-corrected chi connectivity index (χ2v) is 9.59. The summed E-state index contributed by atoms with van der Waals surface area (Å²) >= 11 is 1.77. The monoisotopic (exact) mass is 486 g/mol. The molecule has 1 aliphatic rings. The minimum atomic E-state index is 0.220. The van der Waals surface area contributed by atoms with Crippen molar-refractivity contribution < 1.29 is 4.74 Å². The number of aromatic nitrogens is 4. The number of hydrogen-bond acceptors (Lipinski definition) is 9. The summed E-state index contributed by atoms with van der Waals surface area (Å²) in [5.74, 6) is 1.55. The smallest absolute Gasteiger partial charge is 0.223 e. The summed E-state index contributed by atoms with van der Waals surface area (Å²) in [6.45, 7) is 5.19. The zero-order valence-electron chi connectivity index (χ0n) is 19.1. The molecule has 6 rings (SSSR count). The summed E-state index contributed by atoms with van der Waals surface area (Å²) in [4.78, 5) is 12.3. The number of morpholine rings is 1. The van der Waals surface area contributed by atoms with E-state index >= 15 is 0 Å². The number of thiophene rings is 1. The van der Waals surface area contributed by atoms with Crippen molar-refractivity contribution in [2.24, 2.45) is 0 Å². The van der Waals surface area contributed by atoms with Crippen molar-refractivity contribution in [3.63, 3.8) is 0 Å². The van der Waals surface area contributed by atoms with E-state index in [-0.39, 0.29) is 5.95 Å². The number of H-pyrrole nitrogens is 1. The van der Waals surface area contributed by atoms with E-state index in [1.807, 2.05) is 12.3 Å². The number of fused-ring (bicyclic) bond motifs is 2. The third-order valence-electron chi connectivity index (χ3n) is 6.09. The molecule has 0 aliphatic carbocycles. The molecular formula is C25H26N8OS. The highest BCUT2D eigenvalue weighted by atomic mass is 32.1. The summed E-state index contributed by atoms with van der Waals surface area (Å²) in [6, 6.07) is 16.7. The quantitative estimate of drug-likeness (QED) is 0.269. The van der Waals surface area contributed by atoms with Gasteiger partial charge in [0.05, 0.1) is 24.9 Å². The van der Waals surface area contributed by atoms with Crippen molar-refractivity contribution in [2.45, 2.75) is 0 Å². The minimum absolute atomic E-state index is 0.220. The molecule has 4 heterocycles. The second kappa shape index (κ2) is 9.49. The van der Waals surface area contributed by atoms with Crippen LogP contribution in [0.15, 0.2) is 54.7 Å². The predicted octanol–water partition coefficient (Wildman–Crippen LogP) is 4.30. The van der Waals surface area contributed by atoms with Crippen LogP contribution in [0.1, 0.15) is 0 Å². The van der Waals surface area contributed by atoms with Crippen molar-refractivity contribution in [2.75, 3.05) is 55.8 Å². The first-order valence-corrected chi connectivity index (χ1v) is 12.4. The van der Waals surface area contributed by atoms with Crippen molar-refractivity contribution >= 4 is 55.6 Å². The lowest BCUT2D eigenvalue weighted by Gasteiger charge is -2.26. The molecule has 10 heteroatoms. The first-order chi connectivity index (χ1) is 17.2. The molecule has 1 saturated heterocycles. The van der Waals surface area contributed by atoms with Gasteiger partial charge < -0.3 is 21.1 Å². The van der Waals surface area contributed by atoms with Crippen LogP contribution in [0.5, 0.6) is 0 Å². The molecular weight excluding hydrogens is 460 g/mol. The molecule has 1 fully saturated rings. The lowest BCUT2D eigenvalue weighted by Crippen LogP contribution is -2.39. The summed E-state index contributed by atoms with van der Waals surface area (Å²) < 4.78 is 6.67. The van der Waals surface area contributed by atoms with Crippen LogP contribution in [-0.2, 0) is 4.74 Å². The largest absolute Gasteiger partial charge is 0.379 e. The number of ether oxygens (including phenoxy) is 1. The zero-order valence-corrected chi connectivity index (χ0v) is 19.9. The molecule has 0 saturated carbocycles. The van der Waals surface area contributed by atoms with E-state index in [0.717, 1.165) is 61.5 Å².